The second-order valence-corrected chi connectivity index (χ2v) is 18.9. The Morgan fingerprint density at radius 2 is 1.58 bits per heavy atom. The van der Waals surface area contributed by atoms with E-state index in [1.165, 1.54) is 0 Å². The fourth-order valence-corrected chi connectivity index (χ4v) is 12.1. The van der Waals surface area contributed by atoms with Crippen LogP contribution in [0.5, 0.6) is 0 Å². The van der Waals surface area contributed by atoms with Crippen LogP contribution in [0.15, 0.2) is 65.3 Å². The lowest BCUT2D eigenvalue weighted by Crippen LogP contribution is -2.64. The quantitative estimate of drug-likeness (QED) is 0.167. The smallest absolute Gasteiger partial charge is 0.416 e. The van der Waals surface area contributed by atoms with E-state index in [4.69, 9.17) is 9.73 Å². The molecule has 4 aliphatic heterocycles. The summed E-state index contributed by atoms with van der Waals surface area (Å²) in [6.45, 7) is 5.87. The summed E-state index contributed by atoms with van der Waals surface area (Å²) >= 11 is 0. The summed E-state index contributed by atoms with van der Waals surface area (Å²) in [5.41, 5.74) is -2.35. The van der Waals surface area contributed by atoms with Crippen molar-refractivity contribution in [1.29, 1.82) is 0 Å². The van der Waals surface area contributed by atoms with Gasteiger partial charge in [-0.1, -0.05) is 43.3 Å². The molecule has 2 aromatic carbocycles. The molecule has 3 saturated carbocycles. The second-order valence-electron chi connectivity index (χ2n) is 18.9. The highest BCUT2D eigenvalue weighted by Gasteiger charge is 2.86. The van der Waals surface area contributed by atoms with Gasteiger partial charge in [-0.2, -0.15) is 26.3 Å². The van der Waals surface area contributed by atoms with Crippen molar-refractivity contribution >= 4 is 17.8 Å². The molecule has 4 heterocycles. The predicted octanol–water partition coefficient (Wildman–Crippen LogP) is 7.97. The third-order valence-electron chi connectivity index (χ3n) is 15.2. The Hall–Kier alpha value is -4.11. The van der Waals surface area contributed by atoms with E-state index < -0.39 is 46.1 Å². The maximum atomic E-state index is 15.2. The molecule has 0 radical (unpaired) electrons. The fourth-order valence-electron chi connectivity index (χ4n) is 12.1. The molecule has 0 aromatic heterocycles. The normalized spacial score (nSPS) is 35.3. The maximum absolute atomic E-state index is 15.2. The van der Waals surface area contributed by atoms with Crippen molar-refractivity contribution in [1.82, 2.24) is 15.1 Å². The molecule has 7 aliphatic rings. The summed E-state index contributed by atoms with van der Waals surface area (Å²) in [5.74, 6) is -0.223. The minimum atomic E-state index is -4.99. The Kier molecular flexibility index (Phi) is 10.2. The van der Waals surface area contributed by atoms with Gasteiger partial charge in [0.25, 0.3) is 5.96 Å². The van der Waals surface area contributed by atoms with Crippen LogP contribution in [0.3, 0.4) is 0 Å². The number of nitrogens with zero attached hydrogens (tertiary/aromatic N) is 4. The number of nitrogens with one attached hydrogen (secondary N) is 1. The van der Waals surface area contributed by atoms with Crippen LogP contribution in [0, 0.1) is 17.8 Å². The van der Waals surface area contributed by atoms with Crippen molar-refractivity contribution in [3.8, 4) is 0 Å². The molecule has 6 fully saturated rings. The number of hydrogen-bond acceptors (Lipinski definition) is 6. The molecule has 3 aliphatic carbocycles. The van der Waals surface area contributed by atoms with E-state index in [2.05, 4.69) is 40.2 Å². The second kappa shape index (κ2) is 14.8. The SMILES string of the molecule is C[C@@H]1C[C@]12CC1(C[C@]3(C[C@H]3c3ccccc3)N2C(=O)C2CCC(CC(=O)O)CC2)C[N+]1(Cc1cc(C(F)(F)F)cc(C(F)(F)F)c1)C1=NCC(N2CCOCC2)=CCCN1. The third kappa shape index (κ3) is 7.28. The molecule has 3 spiro atoms. The largest absolute Gasteiger partial charge is 0.481 e. The first-order chi connectivity index (χ1) is 28.5. The third-order valence-corrected chi connectivity index (χ3v) is 15.2. The summed E-state index contributed by atoms with van der Waals surface area (Å²) in [7, 11) is 0. The van der Waals surface area contributed by atoms with Crippen LogP contribution in [-0.2, 0) is 33.2 Å². The average Bonchev–Trinajstić information content (AvgIpc) is 4.14. The number of halogens is 6. The van der Waals surface area contributed by atoms with Gasteiger partial charge in [0.15, 0.2) is 5.54 Å². The number of alkyl halides is 6. The Bertz CT molecular complexity index is 2030. The number of carboxylic acid groups (broad SMARTS) is 1. The van der Waals surface area contributed by atoms with Gasteiger partial charge in [-0.3, -0.25) is 9.59 Å². The minimum Gasteiger partial charge on any atom is -0.481 e. The molecule has 60 heavy (non-hydrogen) atoms. The standard InChI is InChI=1S/C45H53F6N5O4/c1-29-22-42(29)26-41(27-43(23-37(43)32-6-3-2-4-7-32)55(42)39(59)33-11-9-30(10-12-33)20-38(57)58)28-56(41,25-31-18-34(44(46,47)48)21-35(19-31)45(49,50)51)40-52-13-5-8-36(24-53-40)54-14-16-60-17-15-54/h2-4,6-8,18-19,21,29-30,33,37H,5,9-17,20,22-28H2,1H3,(H-,52,53,57,58)/p+1/t29-,30?,33?,37+,41?,42+,43+,56?/m1/s1. The Morgan fingerprint density at radius 3 is 2.20 bits per heavy atom. The number of carboxylic acids is 1. The summed E-state index contributed by atoms with van der Waals surface area (Å²) in [4.78, 5) is 36.4. The van der Waals surface area contributed by atoms with Gasteiger partial charge < -0.3 is 25.0 Å². The number of carbonyl (C=O) groups is 2. The van der Waals surface area contributed by atoms with Crippen LogP contribution in [0.2, 0.25) is 0 Å². The van der Waals surface area contributed by atoms with E-state index in [0.29, 0.717) is 103 Å². The Morgan fingerprint density at radius 1 is 0.933 bits per heavy atom. The van der Waals surface area contributed by atoms with Gasteiger partial charge in [0, 0.05) is 62.0 Å². The molecule has 2 N–H and O–H groups in total. The van der Waals surface area contributed by atoms with E-state index in [1.807, 2.05) is 18.2 Å². The number of aliphatic imine (C=N–C) groups is 1. The van der Waals surface area contributed by atoms with E-state index in [-0.39, 0.29) is 58.7 Å². The number of piperidine rings is 1. The monoisotopic (exact) mass is 842 g/mol. The van der Waals surface area contributed by atoms with E-state index in [0.717, 1.165) is 29.8 Å². The fraction of sp³-hybridized carbons (Fsp3) is 0.622. The van der Waals surface area contributed by atoms with Gasteiger partial charge in [-0.15, -0.1) is 0 Å². The minimum absolute atomic E-state index is 0.00354. The van der Waals surface area contributed by atoms with Crippen LogP contribution in [0.1, 0.15) is 99.3 Å². The summed E-state index contributed by atoms with van der Waals surface area (Å²) in [6.07, 6.45) is -1.95. The van der Waals surface area contributed by atoms with Gasteiger partial charge in [-0.25, -0.2) is 9.48 Å². The number of quaternary nitrogens is 1. The maximum Gasteiger partial charge on any atom is 0.416 e. The first-order valence-corrected chi connectivity index (χ1v) is 21.6. The number of likely N-dealkylation sites (tertiary alicyclic amines) is 1. The number of hydrogen-bond donors (Lipinski definition) is 2. The molecular weight excluding hydrogens is 789 g/mol. The topological polar surface area (TPSA) is 94.5 Å². The number of aliphatic carboxylic acids is 1. The van der Waals surface area contributed by atoms with Gasteiger partial charge in [0.1, 0.15) is 13.1 Å². The number of benzene rings is 2. The zero-order valence-electron chi connectivity index (χ0n) is 34.0. The van der Waals surface area contributed by atoms with Crippen molar-refractivity contribution in [3.63, 3.8) is 0 Å². The number of carbonyl (C=O) groups excluding carboxylic acids is 1. The van der Waals surface area contributed by atoms with Crippen LogP contribution in [0.4, 0.5) is 26.3 Å². The molecule has 324 valence electrons. The zero-order chi connectivity index (χ0) is 42.3. The van der Waals surface area contributed by atoms with Gasteiger partial charge >= 0.3 is 18.3 Å². The molecule has 15 heteroatoms. The molecule has 2 unspecified atom stereocenters. The van der Waals surface area contributed by atoms with Gasteiger partial charge in [-0.05, 0) is 80.5 Å². The molecular formula is C45H54F6N5O4+. The van der Waals surface area contributed by atoms with Gasteiger partial charge in [0.2, 0.25) is 5.91 Å². The van der Waals surface area contributed by atoms with E-state index in [1.54, 1.807) is 0 Å². The van der Waals surface area contributed by atoms with Crippen LogP contribution >= 0.6 is 0 Å². The average molecular weight is 843 g/mol. The highest BCUT2D eigenvalue weighted by atomic mass is 19.4. The lowest BCUT2D eigenvalue weighted by atomic mass is 9.75. The molecule has 9 nitrogen and oxygen atoms in total. The van der Waals surface area contributed by atoms with E-state index in [9.17, 15) is 36.2 Å². The van der Waals surface area contributed by atoms with Crippen molar-refractivity contribution in [2.45, 2.75) is 113 Å². The lowest BCUT2D eigenvalue weighted by molar-refractivity contribution is -0.756. The summed E-state index contributed by atoms with van der Waals surface area (Å²) in [6, 6.07) is 12.0. The molecule has 2 aromatic rings. The van der Waals surface area contributed by atoms with Crippen LogP contribution in [-0.4, -0.2) is 99.8 Å². The Balaban J connectivity index is 1.13. The number of morpholine rings is 1. The molecule has 6 atom stereocenters. The summed E-state index contributed by atoms with van der Waals surface area (Å²) in [5, 5.41) is 13.0. The van der Waals surface area contributed by atoms with Crippen LogP contribution < -0.4 is 5.32 Å². The summed E-state index contributed by atoms with van der Waals surface area (Å²) < 4.78 is 91.7. The van der Waals surface area contributed by atoms with Crippen molar-refractivity contribution < 1.29 is 50.3 Å². The molecule has 3 saturated heterocycles. The number of ether oxygens (including phenoxy) is 1. The van der Waals surface area contributed by atoms with Gasteiger partial charge in [0.05, 0.1) is 42.0 Å². The lowest BCUT2D eigenvalue weighted by Gasteiger charge is -2.50. The van der Waals surface area contributed by atoms with E-state index >= 15 is 4.79 Å². The number of rotatable bonds is 7. The Labute approximate surface area is 346 Å². The predicted molar refractivity (Wildman–Crippen MR) is 210 cm³/mol. The first-order valence-electron chi connectivity index (χ1n) is 21.6. The molecule has 9 rings (SSSR count). The van der Waals surface area contributed by atoms with Crippen molar-refractivity contribution in [2.75, 3.05) is 45.9 Å². The van der Waals surface area contributed by atoms with Crippen molar-refractivity contribution in [2.24, 2.45) is 22.7 Å². The van der Waals surface area contributed by atoms with Crippen molar-refractivity contribution in [3.05, 3.63) is 82.6 Å². The molecule has 0 bridgehead atoms. The molecule has 1 amide bonds. The number of amides is 1. The number of guanidine groups is 1. The highest BCUT2D eigenvalue weighted by molar-refractivity contribution is 5.83. The zero-order valence-corrected chi connectivity index (χ0v) is 34.0. The van der Waals surface area contributed by atoms with Crippen LogP contribution in [0.25, 0.3) is 0 Å². The highest BCUT2D eigenvalue weighted by Crippen LogP contribution is 2.75. The first kappa shape index (κ1) is 41.3.